The Morgan fingerprint density at radius 3 is 1.20 bits per heavy atom. The largest absolute Gasteiger partial charge is 0.472 e. The van der Waals surface area contributed by atoms with Gasteiger partial charge >= 0.3 is 43.2 Å². The molecule has 26 heteroatoms. The first kappa shape index (κ1) is 66.1. The molecule has 1 rings (SSSR count). The summed E-state index contributed by atoms with van der Waals surface area (Å²) >= 11 is 0. The monoisotopic (exact) mass is 1080 g/mol. The lowest BCUT2D eigenvalue weighted by atomic mass is 9.85. The molecule has 0 aromatic rings. The van der Waals surface area contributed by atoms with Gasteiger partial charge in [0, 0.05) is 12.8 Å². The minimum Gasteiger partial charge on any atom is -0.462 e. The van der Waals surface area contributed by atoms with Crippen molar-refractivity contribution in [3.8, 4) is 0 Å². The average molecular weight is 1080 g/mol. The zero-order valence-electron chi connectivity index (χ0n) is 40.5. The van der Waals surface area contributed by atoms with Crippen LogP contribution in [0, 0.1) is 0 Å². The molecule has 0 aromatic carbocycles. The average Bonchev–Trinajstić information content (AvgIpc) is 3.25. The molecule has 8 atom stereocenters. The van der Waals surface area contributed by atoms with Gasteiger partial charge in [0.05, 0.1) is 6.61 Å². The third kappa shape index (κ3) is 35.0. The van der Waals surface area contributed by atoms with Gasteiger partial charge in [0.1, 0.15) is 43.2 Å². The highest BCUT2D eigenvalue weighted by Gasteiger charge is 2.59. The van der Waals surface area contributed by atoms with Crippen molar-refractivity contribution in [2.75, 3.05) is 13.2 Å². The predicted octanol–water partition coefficient (Wildman–Crippen LogP) is 8.63. The van der Waals surface area contributed by atoms with Gasteiger partial charge in [-0.15, -0.1) is 0 Å². The van der Waals surface area contributed by atoms with Crippen molar-refractivity contribution < 1.29 is 104 Å². The van der Waals surface area contributed by atoms with E-state index in [2.05, 4.69) is 39.6 Å². The molecule has 9 N–H and O–H groups in total. The van der Waals surface area contributed by atoms with Crippen LogP contribution >= 0.6 is 31.3 Å². The lowest BCUT2D eigenvalue weighted by molar-refractivity contribution is -0.209. The van der Waals surface area contributed by atoms with Crippen LogP contribution in [-0.2, 0) is 59.9 Å². The van der Waals surface area contributed by atoms with Crippen LogP contribution in [0.3, 0.4) is 0 Å². The second kappa shape index (κ2) is 36.9. The highest BCUT2D eigenvalue weighted by Crippen LogP contribution is 2.53. The van der Waals surface area contributed by atoms with E-state index in [-0.39, 0.29) is 12.8 Å². The van der Waals surface area contributed by atoms with Gasteiger partial charge in [-0.05, 0) is 38.5 Å². The van der Waals surface area contributed by atoms with E-state index in [4.69, 9.17) is 18.5 Å². The summed E-state index contributed by atoms with van der Waals surface area (Å²) in [6.45, 7) is 2.75. The SMILES string of the molecule is CCCCCC/C=C\CCCCCCCCCC(=O)O[C@H](COC(=O)CCCCCCCCCCCCCCC)COP(=O)(O)OC1C(O)C(OP(=O)(O)O)C(OP(=O)(O)O)[C@@H](OP(=O)(O)O)C1O. The summed E-state index contributed by atoms with van der Waals surface area (Å²) in [6, 6.07) is 0. The lowest BCUT2D eigenvalue weighted by Crippen LogP contribution is -2.65. The van der Waals surface area contributed by atoms with E-state index in [9.17, 15) is 72.3 Å². The Hall–Kier alpha value is -0.960. The quantitative estimate of drug-likeness (QED) is 0.0119. The fraction of sp³-hybridized carbons (Fsp3) is 0.907. The Labute approximate surface area is 408 Å². The van der Waals surface area contributed by atoms with Crippen molar-refractivity contribution in [3.05, 3.63) is 12.2 Å². The second-order valence-corrected chi connectivity index (χ2v) is 22.6. The number of allylic oxidation sites excluding steroid dienone is 2. The molecule has 408 valence electrons. The maximum absolute atomic E-state index is 13.3. The van der Waals surface area contributed by atoms with E-state index in [1.54, 1.807) is 0 Å². The molecule has 0 aromatic heterocycles. The lowest BCUT2D eigenvalue weighted by Gasteiger charge is -2.45. The number of phosphoric ester groups is 4. The topological polar surface area (TPSA) is 349 Å². The van der Waals surface area contributed by atoms with Gasteiger partial charge in [0.15, 0.2) is 6.10 Å². The molecule has 1 fully saturated rings. The first-order chi connectivity index (χ1) is 32.5. The van der Waals surface area contributed by atoms with Crippen LogP contribution in [0.5, 0.6) is 0 Å². The summed E-state index contributed by atoms with van der Waals surface area (Å²) in [5, 5.41) is 21.8. The number of esters is 2. The molecule has 0 heterocycles. The van der Waals surface area contributed by atoms with E-state index in [1.807, 2.05) is 0 Å². The molecule has 0 spiro atoms. The van der Waals surface area contributed by atoms with E-state index in [0.29, 0.717) is 19.3 Å². The Balaban J connectivity index is 2.89. The standard InChI is InChI=1S/C43H84O22P4/c1-3-5-7-9-11-13-15-17-18-20-22-24-26-28-30-32-37(45)61-35(33-59-36(44)31-29-27-25-23-21-19-16-14-12-10-8-6-4-2)34-60-69(57,58)65-40-38(46)41(62-66(48,49)50)43(64-68(54,55)56)42(39(40)47)63-67(51,52)53/h13,15,35,38-43,46-47H,3-12,14,16-34H2,1-2H3,(H,57,58)(H2,48,49,50)(H2,51,52,53)(H2,54,55,56)/b15-13-/t35-,38?,39?,40?,41+,42?,43?/m1/s1. The summed E-state index contributed by atoms with van der Waals surface area (Å²) < 4.78 is 82.1. The summed E-state index contributed by atoms with van der Waals surface area (Å²) in [5.41, 5.74) is 0. The minimum absolute atomic E-state index is 0.0383. The van der Waals surface area contributed by atoms with Gasteiger partial charge in [0.25, 0.3) is 0 Å². The van der Waals surface area contributed by atoms with Crippen molar-refractivity contribution >= 4 is 43.2 Å². The molecule has 69 heavy (non-hydrogen) atoms. The van der Waals surface area contributed by atoms with Gasteiger partial charge in [-0.2, -0.15) is 0 Å². The number of ether oxygens (including phenoxy) is 2. The number of aliphatic hydroxyl groups is 2. The van der Waals surface area contributed by atoms with Crippen LogP contribution in [0.15, 0.2) is 12.2 Å². The fourth-order valence-corrected chi connectivity index (χ4v) is 10.4. The van der Waals surface area contributed by atoms with Crippen LogP contribution in [0.1, 0.15) is 194 Å². The number of hydrogen-bond acceptors (Lipinski definition) is 15. The number of aliphatic hydroxyl groups excluding tert-OH is 2. The Morgan fingerprint density at radius 1 is 0.449 bits per heavy atom. The number of carbonyl (C=O) groups is 2. The molecule has 0 aliphatic heterocycles. The third-order valence-electron chi connectivity index (χ3n) is 11.3. The van der Waals surface area contributed by atoms with Crippen LogP contribution in [-0.4, -0.2) is 112 Å². The molecule has 1 aliphatic carbocycles. The number of carbonyl (C=O) groups excluding carboxylic acids is 2. The smallest absolute Gasteiger partial charge is 0.462 e. The first-order valence-corrected chi connectivity index (χ1v) is 30.8. The highest BCUT2D eigenvalue weighted by atomic mass is 31.2. The molecule has 0 amide bonds. The van der Waals surface area contributed by atoms with Gasteiger partial charge in [0.2, 0.25) is 0 Å². The molecule has 0 bridgehead atoms. The summed E-state index contributed by atoms with van der Waals surface area (Å²) in [7, 11) is -23.0. The van der Waals surface area contributed by atoms with Gasteiger partial charge < -0.3 is 53.9 Å². The van der Waals surface area contributed by atoms with Crippen LogP contribution in [0.25, 0.3) is 0 Å². The zero-order valence-corrected chi connectivity index (χ0v) is 44.1. The maximum Gasteiger partial charge on any atom is 0.472 e. The summed E-state index contributed by atoms with van der Waals surface area (Å²) in [4.78, 5) is 92.8. The second-order valence-electron chi connectivity index (χ2n) is 17.6. The van der Waals surface area contributed by atoms with E-state index >= 15 is 0 Å². The third-order valence-corrected chi connectivity index (χ3v) is 13.8. The van der Waals surface area contributed by atoms with Crippen LogP contribution < -0.4 is 0 Å². The van der Waals surface area contributed by atoms with E-state index < -0.39 is 99.2 Å². The Bertz CT molecular complexity index is 1560. The molecule has 0 saturated heterocycles. The zero-order chi connectivity index (χ0) is 51.8. The van der Waals surface area contributed by atoms with E-state index in [1.165, 1.54) is 70.6 Å². The highest BCUT2D eigenvalue weighted by molar-refractivity contribution is 7.47. The van der Waals surface area contributed by atoms with Crippen LogP contribution in [0.2, 0.25) is 0 Å². The molecule has 1 aliphatic rings. The molecular formula is C43H84O22P4. The molecule has 1 saturated carbocycles. The van der Waals surface area contributed by atoms with Crippen molar-refractivity contribution in [2.24, 2.45) is 0 Å². The maximum atomic E-state index is 13.3. The molecule has 22 nitrogen and oxygen atoms in total. The minimum atomic E-state index is -5.79. The number of hydrogen-bond donors (Lipinski definition) is 9. The van der Waals surface area contributed by atoms with Crippen LogP contribution in [0.4, 0.5) is 0 Å². The van der Waals surface area contributed by atoms with E-state index in [0.717, 1.165) is 77.0 Å². The van der Waals surface area contributed by atoms with Gasteiger partial charge in [-0.1, -0.05) is 154 Å². The van der Waals surface area contributed by atoms with Gasteiger partial charge in [-0.25, -0.2) is 18.3 Å². The fourth-order valence-electron chi connectivity index (χ4n) is 7.72. The van der Waals surface area contributed by atoms with Crippen molar-refractivity contribution in [3.63, 3.8) is 0 Å². The summed E-state index contributed by atoms with van der Waals surface area (Å²) in [5.74, 6) is -1.40. The summed E-state index contributed by atoms with van der Waals surface area (Å²) in [6.07, 6.45) is 14.2. The number of phosphoric acid groups is 4. The number of unbranched alkanes of at least 4 members (excludes halogenated alkanes) is 23. The normalized spacial score (nSPS) is 21.6. The first-order valence-electron chi connectivity index (χ1n) is 24.7. The van der Waals surface area contributed by atoms with Gasteiger partial charge in [-0.3, -0.25) is 32.2 Å². The predicted molar refractivity (Wildman–Crippen MR) is 254 cm³/mol. The van der Waals surface area contributed by atoms with Crippen molar-refractivity contribution in [1.29, 1.82) is 0 Å². The Morgan fingerprint density at radius 2 is 0.797 bits per heavy atom. The van der Waals surface area contributed by atoms with Crippen molar-refractivity contribution in [2.45, 2.75) is 236 Å². The van der Waals surface area contributed by atoms with Crippen molar-refractivity contribution in [1.82, 2.24) is 0 Å². The Kier molecular flexibility index (Phi) is 35.3. The number of rotatable bonds is 43. The molecule has 0 radical (unpaired) electrons. The molecule has 6 unspecified atom stereocenters. The molecular weight excluding hydrogens is 992 g/mol.